The quantitative estimate of drug-likeness (QED) is 0.448. The number of hydrogen-bond acceptors (Lipinski definition) is 0. The van der Waals surface area contributed by atoms with Gasteiger partial charge in [-0.15, -0.1) is 0 Å². The Hall–Kier alpha value is -0.260. The summed E-state index contributed by atoms with van der Waals surface area (Å²) < 4.78 is 0. The minimum Gasteiger partial charge on any atom is -0.0819 e. The molecule has 4 unspecified atom stereocenters. The topological polar surface area (TPSA) is 0 Å². The summed E-state index contributed by atoms with van der Waals surface area (Å²) in [6.45, 7) is 14.3. The third kappa shape index (κ3) is 4.44. The molecule has 0 N–H and O–H groups in total. The molecule has 106 valence electrons. The van der Waals surface area contributed by atoms with Crippen LogP contribution >= 0.6 is 0 Å². The molecular formula is C18H34. The minimum atomic E-state index is 0.559. The van der Waals surface area contributed by atoms with Crippen LogP contribution in [-0.2, 0) is 0 Å². The highest BCUT2D eigenvalue weighted by Gasteiger charge is 2.44. The van der Waals surface area contributed by atoms with E-state index >= 15 is 0 Å². The zero-order valence-corrected chi connectivity index (χ0v) is 13.6. The largest absolute Gasteiger partial charge is 0.0819 e. The van der Waals surface area contributed by atoms with E-state index in [0.29, 0.717) is 5.41 Å². The van der Waals surface area contributed by atoms with E-state index in [1.165, 1.54) is 38.5 Å². The smallest absolute Gasteiger partial charge is 0.00760 e. The molecule has 0 aromatic heterocycles. The summed E-state index contributed by atoms with van der Waals surface area (Å²) in [6.07, 6.45) is 10.7. The van der Waals surface area contributed by atoms with Crippen molar-refractivity contribution in [3.05, 3.63) is 11.6 Å². The Morgan fingerprint density at radius 2 is 1.67 bits per heavy atom. The fraction of sp³-hybridized carbons (Fsp3) is 0.889. The molecular weight excluding hydrogens is 216 g/mol. The van der Waals surface area contributed by atoms with E-state index in [1.807, 2.05) is 0 Å². The molecule has 4 atom stereocenters. The monoisotopic (exact) mass is 250 g/mol. The summed E-state index contributed by atoms with van der Waals surface area (Å²) in [5, 5.41) is 0. The third-order valence-electron chi connectivity index (χ3n) is 4.95. The van der Waals surface area contributed by atoms with Crippen LogP contribution in [0.5, 0.6) is 0 Å². The van der Waals surface area contributed by atoms with E-state index in [-0.39, 0.29) is 0 Å². The lowest BCUT2D eigenvalue weighted by atomic mass is 9.83. The van der Waals surface area contributed by atoms with Gasteiger partial charge in [0.1, 0.15) is 0 Å². The number of rotatable bonds is 8. The second-order valence-corrected chi connectivity index (χ2v) is 7.14. The van der Waals surface area contributed by atoms with Crippen LogP contribution < -0.4 is 0 Å². The highest BCUT2D eigenvalue weighted by molar-refractivity contribution is 5.31. The van der Waals surface area contributed by atoms with Crippen molar-refractivity contribution in [2.45, 2.75) is 80.1 Å². The van der Waals surface area contributed by atoms with Gasteiger partial charge in [0, 0.05) is 0 Å². The van der Waals surface area contributed by atoms with Crippen molar-refractivity contribution in [1.82, 2.24) is 0 Å². The zero-order valence-electron chi connectivity index (χ0n) is 13.6. The van der Waals surface area contributed by atoms with Gasteiger partial charge in [0.25, 0.3) is 0 Å². The second kappa shape index (κ2) is 6.78. The molecule has 18 heavy (non-hydrogen) atoms. The number of allylic oxidation sites excluding steroid dienone is 2. The van der Waals surface area contributed by atoms with E-state index in [0.717, 1.165) is 17.8 Å². The van der Waals surface area contributed by atoms with Gasteiger partial charge in [0.15, 0.2) is 0 Å². The van der Waals surface area contributed by atoms with Crippen molar-refractivity contribution in [1.29, 1.82) is 0 Å². The lowest BCUT2D eigenvalue weighted by Gasteiger charge is -2.22. The molecule has 0 radical (unpaired) electrons. The molecule has 0 heterocycles. The van der Waals surface area contributed by atoms with Crippen molar-refractivity contribution in [2.24, 2.45) is 23.2 Å². The van der Waals surface area contributed by atoms with E-state index in [4.69, 9.17) is 0 Å². The summed E-state index contributed by atoms with van der Waals surface area (Å²) in [5.74, 6) is 2.55. The van der Waals surface area contributed by atoms with Crippen LogP contribution in [0.2, 0.25) is 0 Å². The minimum absolute atomic E-state index is 0.559. The van der Waals surface area contributed by atoms with Gasteiger partial charge in [0.05, 0.1) is 0 Å². The molecule has 1 fully saturated rings. The van der Waals surface area contributed by atoms with E-state index < -0.39 is 0 Å². The lowest BCUT2D eigenvalue weighted by Crippen LogP contribution is -2.12. The van der Waals surface area contributed by atoms with Crippen molar-refractivity contribution < 1.29 is 0 Å². The molecule has 0 aromatic carbocycles. The van der Waals surface area contributed by atoms with Crippen LogP contribution in [0.15, 0.2) is 11.6 Å². The van der Waals surface area contributed by atoms with Gasteiger partial charge >= 0.3 is 0 Å². The maximum Gasteiger partial charge on any atom is -0.00760 e. The Labute approximate surface area is 115 Å². The number of hydrogen-bond donors (Lipinski definition) is 0. The van der Waals surface area contributed by atoms with E-state index in [1.54, 1.807) is 5.57 Å². The molecule has 0 aromatic rings. The van der Waals surface area contributed by atoms with Gasteiger partial charge in [-0.2, -0.15) is 0 Å². The van der Waals surface area contributed by atoms with Crippen LogP contribution in [-0.4, -0.2) is 0 Å². The highest BCUT2D eigenvalue weighted by atomic mass is 14.5. The van der Waals surface area contributed by atoms with Gasteiger partial charge in [-0.05, 0) is 42.4 Å². The first-order valence-corrected chi connectivity index (χ1v) is 8.14. The van der Waals surface area contributed by atoms with Crippen LogP contribution in [0.1, 0.15) is 80.1 Å². The molecule has 1 aliphatic carbocycles. The van der Waals surface area contributed by atoms with E-state index in [9.17, 15) is 0 Å². The molecule has 1 rings (SSSR count). The van der Waals surface area contributed by atoms with Crippen molar-refractivity contribution in [3.63, 3.8) is 0 Å². The van der Waals surface area contributed by atoms with Crippen LogP contribution in [0.25, 0.3) is 0 Å². The highest BCUT2D eigenvalue weighted by Crippen LogP contribution is 2.57. The first-order valence-electron chi connectivity index (χ1n) is 8.14. The van der Waals surface area contributed by atoms with Crippen molar-refractivity contribution in [2.75, 3.05) is 0 Å². The Balaban J connectivity index is 2.44. The van der Waals surface area contributed by atoms with E-state index in [2.05, 4.69) is 47.6 Å². The summed E-state index contributed by atoms with van der Waals surface area (Å²) in [5.41, 5.74) is 2.31. The predicted octanol–water partition coefficient (Wildman–Crippen LogP) is 6.22. The normalized spacial score (nSPS) is 30.2. The summed E-state index contributed by atoms with van der Waals surface area (Å²) in [7, 11) is 0. The summed E-state index contributed by atoms with van der Waals surface area (Å²) in [4.78, 5) is 0. The Morgan fingerprint density at radius 1 is 1.06 bits per heavy atom. The molecule has 1 saturated carbocycles. The molecule has 0 nitrogen and oxygen atoms in total. The Morgan fingerprint density at radius 3 is 2.22 bits per heavy atom. The molecule has 0 heteroatoms. The molecule has 0 amide bonds. The standard InChI is InChI=1S/C18H34/c1-7-9-14(3)11-17-13-18(17,6)12-16(5)15(4)10-8-2/h11,14-16H,7-10,12-13H2,1-6H3. The van der Waals surface area contributed by atoms with Gasteiger partial charge in [-0.1, -0.05) is 72.5 Å². The average Bonchev–Trinajstić information content (AvgIpc) is 2.88. The lowest BCUT2D eigenvalue weighted by molar-refractivity contribution is 0.294. The molecule has 1 aliphatic rings. The van der Waals surface area contributed by atoms with Crippen LogP contribution in [0.4, 0.5) is 0 Å². The first kappa shape index (κ1) is 15.8. The molecule has 0 spiro atoms. The predicted molar refractivity (Wildman–Crippen MR) is 82.7 cm³/mol. The maximum atomic E-state index is 2.57. The van der Waals surface area contributed by atoms with Gasteiger partial charge in [-0.3, -0.25) is 0 Å². The van der Waals surface area contributed by atoms with Crippen molar-refractivity contribution >= 4 is 0 Å². The van der Waals surface area contributed by atoms with Crippen LogP contribution in [0, 0.1) is 23.2 Å². The fourth-order valence-electron chi connectivity index (χ4n) is 3.37. The van der Waals surface area contributed by atoms with Gasteiger partial charge < -0.3 is 0 Å². The average molecular weight is 250 g/mol. The molecule has 0 aliphatic heterocycles. The van der Waals surface area contributed by atoms with Gasteiger partial charge in [0.2, 0.25) is 0 Å². The van der Waals surface area contributed by atoms with Crippen molar-refractivity contribution in [3.8, 4) is 0 Å². The van der Waals surface area contributed by atoms with Crippen LogP contribution in [0.3, 0.4) is 0 Å². The zero-order chi connectivity index (χ0) is 13.8. The molecule has 0 bridgehead atoms. The third-order valence-corrected chi connectivity index (χ3v) is 4.95. The first-order chi connectivity index (χ1) is 8.42. The summed E-state index contributed by atoms with van der Waals surface area (Å²) >= 11 is 0. The Kier molecular flexibility index (Phi) is 5.95. The SMILES string of the molecule is CCCC(C)C=C1CC1(C)CC(C)C(C)CCC. The fourth-order valence-corrected chi connectivity index (χ4v) is 3.37. The van der Waals surface area contributed by atoms with Gasteiger partial charge in [-0.25, -0.2) is 0 Å². The Bertz CT molecular complexity index is 276. The summed E-state index contributed by atoms with van der Waals surface area (Å²) in [6, 6.07) is 0. The second-order valence-electron chi connectivity index (χ2n) is 7.14. The molecule has 0 saturated heterocycles. The maximum absolute atomic E-state index is 2.57.